The highest BCUT2D eigenvalue weighted by Crippen LogP contribution is 2.35. The van der Waals surface area contributed by atoms with Crippen LogP contribution in [0.4, 0.5) is 15.9 Å². The number of aromatic nitrogens is 2. The van der Waals surface area contributed by atoms with Gasteiger partial charge in [0.1, 0.15) is 23.1 Å². The molecule has 0 saturated heterocycles. The first kappa shape index (κ1) is 23.6. The lowest BCUT2D eigenvalue weighted by atomic mass is 9.80. The van der Waals surface area contributed by atoms with Crippen LogP contribution in [0.15, 0.2) is 30.5 Å². The topological polar surface area (TPSA) is 58.6 Å². The van der Waals surface area contributed by atoms with Gasteiger partial charge in [-0.15, -0.1) is 0 Å². The Balaban J connectivity index is 0.00000160. The van der Waals surface area contributed by atoms with Crippen molar-refractivity contribution in [3.05, 3.63) is 42.1 Å². The van der Waals surface area contributed by atoms with Crippen LogP contribution in [0.2, 0.25) is 0 Å². The number of rotatable bonds is 6. The summed E-state index contributed by atoms with van der Waals surface area (Å²) in [5.41, 5.74) is 0.801. The van der Waals surface area contributed by atoms with Crippen molar-refractivity contribution in [2.24, 2.45) is 5.92 Å². The summed E-state index contributed by atoms with van der Waals surface area (Å²) >= 11 is 0. The second-order valence-electron chi connectivity index (χ2n) is 7.38. The number of anilines is 2. The van der Waals surface area contributed by atoms with E-state index in [2.05, 4.69) is 4.98 Å². The number of hydrogen-bond acceptors (Lipinski definition) is 5. The summed E-state index contributed by atoms with van der Waals surface area (Å²) in [7, 11) is 0. The van der Waals surface area contributed by atoms with Gasteiger partial charge in [0, 0.05) is 19.5 Å². The minimum Gasteiger partial charge on any atom is -0.490 e. The summed E-state index contributed by atoms with van der Waals surface area (Å²) in [6, 6.07) is 6.15. The number of fused-ring (bicyclic) bond motifs is 1. The zero-order valence-electron chi connectivity index (χ0n) is 16.3. The number of amides is 1. The quantitative estimate of drug-likeness (QED) is 0.695. The summed E-state index contributed by atoms with van der Waals surface area (Å²) in [5.74, 6) is 2.69. The van der Waals surface area contributed by atoms with Crippen LogP contribution in [0.5, 0.6) is 5.75 Å². The van der Waals surface area contributed by atoms with Crippen molar-refractivity contribution in [1.82, 2.24) is 9.97 Å². The van der Waals surface area contributed by atoms with Gasteiger partial charge in [-0.2, -0.15) is 0 Å². The highest BCUT2D eigenvalue weighted by molar-refractivity contribution is 6.02. The van der Waals surface area contributed by atoms with E-state index in [1.807, 2.05) is 18.7 Å². The molecule has 1 aromatic heterocycles. The van der Waals surface area contributed by atoms with Crippen molar-refractivity contribution in [1.29, 1.82) is 0 Å². The van der Waals surface area contributed by atoms with Gasteiger partial charge in [0.2, 0.25) is 5.91 Å². The third-order valence-electron chi connectivity index (χ3n) is 5.50. The maximum absolute atomic E-state index is 13.0. The Hall–Kier alpha value is -2.70. The molecular formula is C23H33FN4O2. The lowest BCUT2D eigenvalue weighted by Crippen LogP contribution is -2.46. The van der Waals surface area contributed by atoms with Gasteiger partial charge in [-0.1, -0.05) is 14.9 Å². The number of ether oxygens (including phenoxy) is 1. The molecule has 4 rings (SSSR count). The molecule has 1 aromatic carbocycles. The molecule has 1 saturated carbocycles. The van der Waals surface area contributed by atoms with Gasteiger partial charge in [-0.05, 0) is 56.9 Å². The van der Waals surface area contributed by atoms with Crippen LogP contribution in [-0.2, 0) is 11.2 Å². The van der Waals surface area contributed by atoms with E-state index >= 15 is 0 Å². The fourth-order valence-corrected chi connectivity index (χ4v) is 3.89. The summed E-state index contributed by atoms with van der Waals surface area (Å²) in [4.78, 5) is 25.3. The van der Waals surface area contributed by atoms with Crippen molar-refractivity contribution >= 4 is 17.4 Å². The van der Waals surface area contributed by atoms with E-state index in [1.165, 1.54) is 12.1 Å². The SMILES string of the molecule is C.C.CCN1CC(=O)N(CC)c2cnc(CC3CC(Oc4ccc(F)cc4)C3)nc21. The second kappa shape index (κ2) is 9.87. The number of halogens is 1. The van der Waals surface area contributed by atoms with Crippen molar-refractivity contribution in [3.63, 3.8) is 0 Å². The van der Waals surface area contributed by atoms with E-state index in [1.54, 1.807) is 23.2 Å². The van der Waals surface area contributed by atoms with Crippen LogP contribution < -0.4 is 14.5 Å². The van der Waals surface area contributed by atoms with Crippen molar-refractivity contribution in [3.8, 4) is 5.75 Å². The predicted molar refractivity (Wildman–Crippen MR) is 119 cm³/mol. The molecule has 7 heteroatoms. The van der Waals surface area contributed by atoms with E-state index in [0.717, 1.165) is 43.1 Å². The summed E-state index contributed by atoms with van der Waals surface area (Å²) < 4.78 is 18.9. The van der Waals surface area contributed by atoms with Crippen LogP contribution in [-0.4, -0.2) is 41.6 Å². The lowest BCUT2D eigenvalue weighted by Gasteiger charge is -2.36. The average Bonchev–Trinajstić information content (AvgIpc) is 2.67. The molecule has 1 aliphatic carbocycles. The van der Waals surface area contributed by atoms with E-state index in [9.17, 15) is 9.18 Å². The molecule has 6 nitrogen and oxygen atoms in total. The van der Waals surface area contributed by atoms with E-state index in [4.69, 9.17) is 9.72 Å². The van der Waals surface area contributed by atoms with Crippen LogP contribution in [0.1, 0.15) is 47.4 Å². The molecule has 2 aromatic rings. The van der Waals surface area contributed by atoms with Gasteiger partial charge in [0.25, 0.3) is 0 Å². The van der Waals surface area contributed by atoms with Crippen LogP contribution >= 0.6 is 0 Å². The number of hydrogen-bond donors (Lipinski definition) is 0. The van der Waals surface area contributed by atoms with Crippen LogP contribution in [0.3, 0.4) is 0 Å². The molecule has 1 amide bonds. The number of carbonyl (C=O) groups is 1. The minimum atomic E-state index is -0.257. The van der Waals surface area contributed by atoms with Gasteiger partial charge in [-0.25, -0.2) is 14.4 Å². The van der Waals surface area contributed by atoms with Gasteiger partial charge >= 0.3 is 0 Å². The molecule has 0 N–H and O–H groups in total. The summed E-state index contributed by atoms with van der Waals surface area (Å²) in [6.07, 6.45) is 4.62. The molecule has 0 unspecified atom stereocenters. The van der Waals surface area contributed by atoms with Crippen LogP contribution in [0, 0.1) is 11.7 Å². The van der Waals surface area contributed by atoms with E-state index in [-0.39, 0.29) is 32.7 Å². The monoisotopic (exact) mass is 416 g/mol. The number of likely N-dealkylation sites (N-methyl/N-ethyl adjacent to an activating group) is 2. The first-order valence-electron chi connectivity index (χ1n) is 9.90. The normalized spacial score (nSPS) is 19.9. The molecule has 2 heterocycles. The number of benzene rings is 1. The van der Waals surface area contributed by atoms with E-state index in [0.29, 0.717) is 24.8 Å². The molecule has 0 atom stereocenters. The highest BCUT2D eigenvalue weighted by atomic mass is 19.1. The van der Waals surface area contributed by atoms with Crippen molar-refractivity contribution < 1.29 is 13.9 Å². The van der Waals surface area contributed by atoms with Gasteiger partial charge in [0.05, 0.1) is 18.8 Å². The zero-order valence-corrected chi connectivity index (χ0v) is 16.3. The Labute approximate surface area is 179 Å². The van der Waals surface area contributed by atoms with Gasteiger partial charge in [0.15, 0.2) is 5.82 Å². The second-order valence-corrected chi connectivity index (χ2v) is 7.38. The molecule has 1 aliphatic heterocycles. The smallest absolute Gasteiger partial charge is 0.246 e. The first-order valence-corrected chi connectivity index (χ1v) is 9.90. The summed E-state index contributed by atoms with van der Waals surface area (Å²) in [5, 5.41) is 0. The molecular weight excluding hydrogens is 383 g/mol. The maximum Gasteiger partial charge on any atom is 0.246 e. The Bertz CT molecular complexity index is 853. The largest absolute Gasteiger partial charge is 0.490 e. The lowest BCUT2D eigenvalue weighted by molar-refractivity contribution is -0.117. The molecule has 1 fully saturated rings. The number of nitrogens with zero attached hydrogens (tertiary/aromatic N) is 4. The third kappa shape index (κ3) is 4.71. The molecule has 30 heavy (non-hydrogen) atoms. The standard InChI is InChI=1S/C21H25FN4O2.2CH4/c1-3-25-13-20(27)26(4-2)18-12-23-19(24-21(18)25)11-14-9-17(10-14)28-16-7-5-15(22)6-8-16;;/h5-8,12,14,17H,3-4,9-11,13H2,1-2H3;2*1H4. The molecule has 2 aliphatic rings. The maximum atomic E-state index is 13.0. The Morgan fingerprint density at radius 3 is 2.47 bits per heavy atom. The van der Waals surface area contributed by atoms with Crippen molar-refractivity contribution in [2.75, 3.05) is 29.4 Å². The Kier molecular flexibility index (Phi) is 7.76. The van der Waals surface area contributed by atoms with Crippen LogP contribution in [0.25, 0.3) is 0 Å². The van der Waals surface area contributed by atoms with Crippen molar-refractivity contribution in [2.45, 2.75) is 54.1 Å². The fraction of sp³-hybridized carbons (Fsp3) is 0.522. The third-order valence-corrected chi connectivity index (χ3v) is 5.50. The fourth-order valence-electron chi connectivity index (χ4n) is 3.89. The minimum absolute atomic E-state index is 0. The number of carbonyl (C=O) groups excluding carboxylic acids is 1. The molecule has 0 spiro atoms. The zero-order chi connectivity index (χ0) is 19.7. The van der Waals surface area contributed by atoms with Gasteiger partial charge < -0.3 is 14.5 Å². The molecule has 0 radical (unpaired) electrons. The Morgan fingerprint density at radius 2 is 1.83 bits per heavy atom. The predicted octanol–water partition coefficient (Wildman–Crippen LogP) is 4.48. The molecule has 164 valence electrons. The first-order chi connectivity index (χ1) is 13.6. The molecule has 0 bridgehead atoms. The van der Waals surface area contributed by atoms with Gasteiger partial charge in [-0.3, -0.25) is 4.79 Å². The average molecular weight is 417 g/mol. The summed E-state index contributed by atoms with van der Waals surface area (Å²) in [6.45, 7) is 5.72. The van der Waals surface area contributed by atoms with E-state index < -0.39 is 0 Å². The Morgan fingerprint density at radius 1 is 1.13 bits per heavy atom. The highest BCUT2D eigenvalue weighted by Gasteiger charge is 2.33.